The van der Waals surface area contributed by atoms with Crippen LogP contribution in [0.2, 0.25) is 0 Å². The molecule has 1 atom stereocenters. The van der Waals surface area contributed by atoms with Crippen molar-refractivity contribution in [1.29, 1.82) is 0 Å². The number of rotatable bonds is 9. The fourth-order valence-corrected chi connectivity index (χ4v) is 2.34. The van der Waals surface area contributed by atoms with Gasteiger partial charge in [0, 0.05) is 6.54 Å². The van der Waals surface area contributed by atoms with Crippen LogP contribution in [0.25, 0.3) is 0 Å². The van der Waals surface area contributed by atoms with Crippen LogP contribution >= 0.6 is 0 Å². The minimum atomic E-state index is -0.507. The summed E-state index contributed by atoms with van der Waals surface area (Å²) in [5, 5.41) is 10.4. The van der Waals surface area contributed by atoms with Crippen LogP contribution in [-0.2, 0) is 0 Å². The normalized spacial score (nSPS) is 12.5. The lowest BCUT2D eigenvalue weighted by Gasteiger charge is -2.24. The van der Waals surface area contributed by atoms with Crippen molar-refractivity contribution in [3.05, 3.63) is 23.8 Å². The maximum atomic E-state index is 10.4. The highest BCUT2D eigenvalue weighted by molar-refractivity contribution is 5.43. The lowest BCUT2D eigenvalue weighted by molar-refractivity contribution is 0.112. The summed E-state index contributed by atoms with van der Waals surface area (Å²) < 4.78 is 10.5. The highest BCUT2D eigenvalue weighted by atomic mass is 16.5. The van der Waals surface area contributed by atoms with Gasteiger partial charge in [0.1, 0.15) is 0 Å². The molecule has 0 heterocycles. The number of nitrogens with zero attached hydrogens (tertiary/aromatic N) is 1. The molecule has 0 spiro atoms. The smallest absolute Gasteiger partial charge is 0.161 e. The molecule has 20 heavy (non-hydrogen) atoms. The van der Waals surface area contributed by atoms with E-state index in [1.54, 1.807) is 14.2 Å². The van der Waals surface area contributed by atoms with E-state index in [9.17, 15) is 5.11 Å². The Morgan fingerprint density at radius 3 is 2.15 bits per heavy atom. The number of benzene rings is 1. The van der Waals surface area contributed by atoms with Crippen molar-refractivity contribution in [2.24, 2.45) is 0 Å². The Morgan fingerprint density at radius 1 is 1.05 bits per heavy atom. The minimum Gasteiger partial charge on any atom is -0.493 e. The van der Waals surface area contributed by atoms with Crippen LogP contribution in [-0.4, -0.2) is 43.9 Å². The van der Waals surface area contributed by atoms with Crippen molar-refractivity contribution in [3.63, 3.8) is 0 Å². The van der Waals surface area contributed by atoms with Crippen LogP contribution in [0.3, 0.4) is 0 Å². The number of aliphatic hydroxyl groups excluding tert-OH is 1. The standard InChI is InChI=1S/C16H27NO3/c1-5-9-17(10-6-2)12-14(18)13-7-8-15(19-3)16(11-13)20-4/h7-8,11,14,18H,5-6,9-10,12H2,1-4H3. The molecule has 0 amide bonds. The van der Waals surface area contributed by atoms with E-state index < -0.39 is 6.10 Å². The first-order valence-electron chi connectivity index (χ1n) is 7.28. The topological polar surface area (TPSA) is 41.9 Å². The van der Waals surface area contributed by atoms with Crippen molar-refractivity contribution in [2.75, 3.05) is 33.9 Å². The molecule has 0 radical (unpaired) electrons. The maximum Gasteiger partial charge on any atom is 0.161 e. The highest BCUT2D eigenvalue weighted by Crippen LogP contribution is 2.30. The summed E-state index contributed by atoms with van der Waals surface area (Å²) in [6, 6.07) is 5.57. The van der Waals surface area contributed by atoms with E-state index in [-0.39, 0.29) is 0 Å². The van der Waals surface area contributed by atoms with Gasteiger partial charge in [-0.2, -0.15) is 0 Å². The fourth-order valence-electron chi connectivity index (χ4n) is 2.34. The molecule has 4 heteroatoms. The largest absolute Gasteiger partial charge is 0.493 e. The van der Waals surface area contributed by atoms with E-state index in [0.717, 1.165) is 31.5 Å². The molecule has 0 fully saturated rings. The second-order valence-corrected chi connectivity index (χ2v) is 4.93. The van der Waals surface area contributed by atoms with Crippen LogP contribution in [0.4, 0.5) is 0 Å². The SMILES string of the molecule is CCCN(CCC)CC(O)c1ccc(OC)c(OC)c1. The third kappa shape index (κ3) is 4.69. The average Bonchev–Trinajstić information content (AvgIpc) is 2.46. The van der Waals surface area contributed by atoms with E-state index in [1.165, 1.54) is 0 Å². The molecule has 114 valence electrons. The van der Waals surface area contributed by atoms with E-state index in [1.807, 2.05) is 18.2 Å². The molecular formula is C16H27NO3. The summed E-state index contributed by atoms with van der Waals surface area (Å²) in [6.07, 6.45) is 1.69. The molecule has 1 N–H and O–H groups in total. The zero-order chi connectivity index (χ0) is 15.0. The number of ether oxygens (including phenoxy) is 2. The molecule has 0 aliphatic carbocycles. The molecule has 4 nitrogen and oxygen atoms in total. The van der Waals surface area contributed by atoms with Crippen LogP contribution < -0.4 is 9.47 Å². The van der Waals surface area contributed by atoms with Crippen molar-refractivity contribution in [3.8, 4) is 11.5 Å². The van der Waals surface area contributed by atoms with Crippen molar-refractivity contribution in [1.82, 2.24) is 4.90 Å². The van der Waals surface area contributed by atoms with Gasteiger partial charge in [-0.25, -0.2) is 0 Å². The average molecular weight is 281 g/mol. The summed E-state index contributed by atoms with van der Waals surface area (Å²) in [5.41, 5.74) is 0.861. The van der Waals surface area contributed by atoms with Crippen molar-refractivity contribution >= 4 is 0 Å². The number of hydrogen-bond donors (Lipinski definition) is 1. The number of aliphatic hydroxyl groups is 1. The molecule has 1 aromatic carbocycles. The summed E-state index contributed by atoms with van der Waals surface area (Å²) in [4.78, 5) is 2.29. The van der Waals surface area contributed by atoms with Gasteiger partial charge in [-0.05, 0) is 43.6 Å². The van der Waals surface area contributed by atoms with Crippen LogP contribution in [0.1, 0.15) is 38.4 Å². The van der Waals surface area contributed by atoms with E-state index in [0.29, 0.717) is 18.0 Å². The predicted octanol–water partition coefficient (Wildman–Crippen LogP) is 2.86. The first kappa shape index (κ1) is 16.8. The van der Waals surface area contributed by atoms with Gasteiger partial charge in [0.15, 0.2) is 11.5 Å². The van der Waals surface area contributed by atoms with Gasteiger partial charge in [-0.1, -0.05) is 19.9 Å². The quantitative estimate of drug-likeness (QED) is 0.756. The Bertz CT molecular complexity index is 389. The number of methoxy groups -OCH3 is 2. The van der Waals surface area contributed by atoms with E-state index in [2.05, 4.69) is 18.7 Å². The Morgan fingerprint density at radius 2 is 1.65 bits per heavy atom. The van der Waals surface area contributed by atoms with E-state index in [4.69, 9.17) is 9.47 Å². The Hall–Kier alpha value is -1.26. The van der Waals surface area contributed by atoms with Gasteiger partial charge >= 0.3 is 0 Å². The maximum absolute atomic E-state index is 10.4. The molecule has 0 bridgehead atoms. The molecule has 0 saturated heterocycles. The Labute approximate surface area is 122 Å². The highest BCUT2D eigenvalue weighted by Gasteiger charge is 2.15. The molecule has 0 saturated carbocycles. The van der Waals surface area contributed by atoms with Gasteiger partial charge in [0.25, 0.3) is 0 Å². The lowest BCUT2D eigenvalue weighted by atomic mass is 10.1. The third-order valence-electron chi connectivity index (χ3n) is 3.30. The Balaban J connectivity index is 2.77. The third-order valence-corrected chi connectivity index (χ3v) is 3.30. The lowest BCUT2D eigenvalue weighted by Crippen LogP contribution is -2.30. The van der Waals surface area contributed by atoms with Gasteiger partial charge in [0.2, 0.25) is 0 Å². The van der Waals surface area contributed by atoms with Crippen LogP contribution in [0.15, 0.2) is 18.2 Å². The molecule has 1 rings (SSSR count). The summed E-state index contributed by atoms with van der Waals surface area (Å²) in [6.45, 7) is 6.99. The Kier molecular flexibility index (Phi) is 7.41. The molecule has 1 aromatic rings. The first-order chi connectivity index (χ1) is 9.65. The first-order valence-corrected chi connectivity index (χ1v) is 7.28. The van der Waals surface area contributed by atoms with E-state index >= 15 is 0 Å². The number of hydrogen-bond acceptors (Lipinski definition) is 4. The van der Waals surface area contributed by atoms with Gasteiger partial charge in [0.05, 0.1) is 20.3 Å². The zero-order valence-corrected chi connectivity index (χ0v) is 13.1. The van der Waals surface area contributed by atoms with Gasteiger partial charge in [-0.15, -0.1) is 0 Å². The summed E-state index contributed by atoms with van der Waals surface area (Å²) in [5.74, 6) is 1.34. The molecule has 0 aliphatic heterocycles. The van der Waals surface area contributed by atoms with Gasteiger partial charge in [-0.3, -0.25) is 0 Å². The predicted molar refractivity (Wildman–Crippen MR) is 81.5 cm³/mol. The molecule has 1 unspecified atom stereocenters. The monoisotopic (exact) mass is 281 g/mol. The zero-order valence-electron chi connectivity index (χ0n) is 13.1. The van der Waals surface area contributed by atoms with Gasteiger partial charge < -0.3 is 19.5 Å². The van der Waals surface area contributed by atoms with Crippen molar-refractivity contribution < 1.29 is 14.6 Å². The molecular weight excluding hydrogens is 254 g/mol. The minimum absolute atomic E-state index is 0.507. The van der Waals surface area contributed by atoms with Crippen molar-refractivity contribution in [2.45, 2.75) is 32.8 Å². The summed E-state index contributed by atoms with van der Waals surface area (Å²) >= 11 is 0. The van der Waals surface area contributed by atoms with Crippen LogP contribution in [0, 0.1) is 0 Å². The van der Waals surface area contributed by atoms with Crippen LogP contribution in [0.5, 0.6) is 11.5 Å². The molecule has 0 aromatic heterocycles. The second kappa shape index (κ2) is 8.82. The molecule has 0 aliphatic rings. The second-order valence-electron chi connectivity index (χ2n) is 4.93. The summed E-state index contributed by atoms with van der Waals surface area (Å²) in [7, 11) is 3.21. The fraction of sp³-hybridized carbons (Fsp3) is 0.625.